The number of hydrogen-bond donors (Lipinski definition) is 1. The summed E-state index contributed by atoms with van der Waals surface area (Å²) in [5, 5.41) is 2.36. The minimum absolute atomic E-state index is 0.0568. The molecule has 4 rings (SSSR count). The first-order valence-electron chi connectivity index (χ1n) is 7.05. The summed E-state index contributed by atoms with van der Waals surface area (Å²) < 4.78 is 0. The highest BCUT2D eigenvalue weighted by Gasteiger charge is 2.63. The van der Waals surface area contributed by atoms with Crippen LogP contribution in [-0.2, 0) is 9.59 Å². The molecule has 2 saturated carbocycles. The summed E-state index contributed by atoms with van der Waals surface area (Å²) >= 11 is 0. The Labute approximate surface area is 111 Å². The highest BCUT2D eigenvalue weighted by molar-refractivity contribution is 6.21. The van der Waals surface area contributed by atoms with Crippen molar-refractivity contribution in [3.63, 3.8) is 0 Å². The number of nitrogens with zero attached hydrogens (tertiary/aromatic N) is 2. The Morgan fingerprint density at radius 3 is 2.42 bits per heavy atom. The molecule has 1 N–H and O–H groups in total. The zero-order chi connectivity index (χ0) is 13.2. The van der Waals surface area contributed by atoms with Crippen molar-refractivity contribution < 1.29 is 14.4 Å². The van der Waals surface area contributed by atoms with Crippen LogP contribution in [0.15, 0.2) is 0 Å². The molecule has 1 unspecified atom stereocenters. The van der Waals surface area contributed by atoms with Crippen LogP contribution in [0.4, 0.5) is 4.79 Å². The maximum absolute atomic E-state index is 12.4. The Morgan fingerprint density at radius 2 is 1.79 bits per heavy atom. The molecule has 4 fully saturated rings. The first-order valence-corrected chi connectivity index (χ1v) is 7.05. The summed E-state index contributed by atoms with van der Waals surface area (Å²) in [4.78, 5) is 39.8. The number of urea groups is 1. The van der Waals surface area contributed by atoms with Gasteiger partial charge in [-0.3, -0.25) is 24.7 Å². The van der Waals surface area contributed by atoms with Crippen molar-refractivity contribution in [2.45, 2.75) is 44.2 Å². The fourth-order valence-corrected chi connectivity index (χ4v) is 3.34. The van der Waals surface area contributed by atoms with Crippen LogP contribution < -0.4 is 5.32 Å². The molecule has 1 atom stereocenters. The topological polar surface area (TPSA) is 69.7 Å². The first-order chi connectivity index (χ1) is 9.12. The largest absolute Gasteiger partial charge is 0.331 e. The van der Waals surface area contributed by atoms with Crippen LogP contribution in [0.2, 0.25) is 0 Å². The van der Waals surface area contributed by atoms with Gasteiger partial charge in [0, 0.05) is 19.1 Å². The van der Waals surface area contributed by atoms with E-state index in [4.69, 9.17) is 0 Å². The number of barbiturate groups is 1. The highest BCUT2D eigenvalue weighted by atomic mass is 16.2. The quantitative estimate of drug-likeness (QED) is 0.716. The van der Waals surface area contributed by atoms with E-state index in [9.17, 15) is 14.4 Å². The highest BCUT2D eigenvalue weighted by Crippen LogP contribution is 2.49. The zero-order valence-electron chi connectivity index (χ0n) is 10.7. The van der Waals surface area contributed by atoms with Crippen molar-refractivity contribution in [2.75, 3.05) is 13.1 Å². The second kappa shape index (κ2) is 3.56. The van der Waals surface area contributed by atoms with Crippen LogP contribution in [0.3, 0.4) is 0 Å². The molecule has 6 heteroatoms. The molecule has 0 radical (unpaired) electrons. The number of amides is 4. The van der Waals surface area contributed by atoms with Gasteiger partial charge in [-0.1, -0.05) is 0 Å². The Kier molecular flexibility index (Phi) is 2.14. The average molecular weight is 263 g/mol. The number of hydrogen-bond acceptors (Lipinski definition) is 4. The molecular formula is C13H17N3O3. The van der Waals surface area contributed by atoms with Crippen LogP contribution in [0.1, 0.15) is 32.1 Å². The van der Waals surface area contributed by atoms with Crippen LogP contribution in [0, 0.1) is 5.41 Å². The lowest BCUT2D eigenvalue weighted by Gasteiger charge is -2.34. The Hall–Kier alpha value is -1.43. The van der Waals surface area contributed by atoms with Crippen molar-refractivity contribution in [1.29, 1.82) is 0 Å². The number of nitrogens with one attached hydrogen (secondary N) is 1. The second-order valence-corrected chi connectivity index (χ2v) is 6.19. The summed E-state index contributed by atoms with van der Waals surface area (Å²) in [7, 11) is 0. The Morgan fingerprint density at radius 1 is 1.05 bits per heavy atom. The lowest BCUT2D eigenvalue weighted by molar-refractivity contribution is -0.146. The first kappa shape index (κ1) is 11.4. The van der Waals surface area contributed by atoms with Crippen LogP contribution >= 0.6 is 0 Å². The molecule has 1 spiro atoms. The monoisotopic (exact) mass is 263 g/mol. The molecule has 2 heterocycles. The molecule has 102 valence electrons. The summed E-state index contributed by atoms with van der Waals surface area (Å²) in [6.07, 6.45) is 4.46. The molecular weight excluding hydrogens is 246 g/mol. The van der Waals surface area contributed by atoms with E-state index in [1.807, 2.05) is 0 Å². The molecule has 19 heavy (non-hydrogen) atoms. The van der Waals surface area contributed by atoms with E-state index in [1.165, 1.54) is 17.7 Å². The summed E-state index contributed by atoms with van der Waals surface area (Å²) in [5.74, 6) is -0.653. The third kappa shape index (κ3) is 1.55. The zero-order valence-corrected chi connectivity index (χ0v) is 10.7. The van der Waals surface area contributed by atoms with Gasteiger partial charge in [0.2, 0.25) is 11.8 Å². The van der Waals surface area contributed by atoms with Gasteiger partial charge in [0.15, 0.2) is 0 Å². The number of imide groups is 2. The predicted octanol–water partition coefficient (Wildman–Crippen LogP) is 0.0817. The normalized spacial score (nSPS) is 34.0. The van der Waals surface area contributed by atoms with Gasteiger partial charge in [-0.2, -0.15) is 0 Å². The minimum atomic E-state index is -0.902. The van der Waals surface area contributed by atoms with Crippen molar-refractivity contribution >= 4 is 17.8 Å². The summed E-state index contributed by atoms with van der Waals surface area (Å²) in [5.41, 5.74) is -0.902. The lowest BCUT2D eigenvalue weighted by Crippen LogP contribution is -2.62. The third-order valence-electron chi connectivity index (χ3n) is 4.88. The van der Waals surface area contributed by atoms with Gasteiger partial charge < -0.3 is 0 Å². The Bertz CT molecular complexity index is 482. The molecule has 0 bridgehead atoms. The van der Waals surface area contributed by atoms with Gasteiger partial charge in [-0.05, 0) is 32.1 Å². The number of rotatable bonds is 2. The summed E-state index contributed by atoms with van der Waals surface area (Å²) in [6.45, 7) is 1.72. The van der Waals surface area contributed by atoms with E-state index in [-0.39, 0.29) is 11.9 Å². The van der Waals surface area contributed by atoms with Gasteiger partial charge in [-0.15, -0.1) is 0 Å². The van der Waals surface area contributed by atoms with Gasteiger partial charge in [0.25, 0.3) is 0 Å². The number of likely N-dealkylation sites (tertiary alicyclic amines) is 1. The van der Waals surface area contributed by atoms with Crippen molar-refractivity contribution in [3.8, 4) is 0 Å². The van der Waals surface area contributed by atoms with Crippen LogP contribution in [0.25, 0.3) is 0 Å². The molecule has 4 amide bonds. The van der Waals surface area contributed by atoms with E-state index >= 15 is 0 Å². The van der Waals surface area contributed by atoms with Gasteiger partial charge in [-0.25, -0.2) is 4.79 Å². The average Bonchev–Trinajstić information content (AvgIpc) is 3.28. The maximum atomic E-state index is 12.4. The molecule has 0 aromatic heterocycles. The minimum Gasteiger partial charge on any atom is -0.298 e. The Balaban J connectivity index is 1.55. The van der Waals surface area contributed by atoms with Crippen molar-refractivity contribution in [3.05, 3.63) is 0 Å². The standard InChI is InChI=1S/C13H17N3O3/c17-10-13(4-5-13)11(18)16(12(19)14-10)9-3-6-15(7-9)8-1-2-8/h8-9H,1-7H2,(H,14,17,19). The second-order valence-electron chi connectivity index (χ2n) is 6.19. The smallest absolute Gasteiger partial charge is 0.298 e. The van der Waals surface area contributed by atoms with E-state index < -0.39 is 17.4 Å². The number of carbonyl (C=O) groups is 3. The molecule has 2 aliphatic carbocycles. The van der Waals surface area contributed by atoms with Gasteiger partial charge >= 0.3 is 6.03 Å². The third-order valence-corrected chi connectivity index (χ3v) is 4.88. The number of carbonyl (C=O) groups excluding carboxylic acids is 3. The maximum Gasteiger partial charge on any atom is 0.331 e. The molecule has 0 aromatic rings. The van der Waals surface area contributed by atoms with E-state index in [2.05, 4.69) is 10.2 Å². The predicted molar refractivity (Wildman–Crippen MR) is 65.1 cm³/mol. The molecule has 2 aliphatic heterocycles. The van der Waals surface area contributed by atoms with E-state index in [0.29, 0.717) is 18.9 Å². The van der Waals surface area contributed by atoms with E-state index in [0.717, 1.165) is 19.5 Å². The lowest BCUT2D eigenvalue weighted by atomic mass is 10.0. The van der Waals surface area contributed by atoms with Gasteiger partial charge in [0.05, 0.1) is 6.04 Å². The SMILES string of the molecule is O=C1NC(=O)C2(CC2)C(=O)N1C1CCN(C2CC2)C1. The van der Waals surface area contributed by atoms with Gasteiger partial charge in [0.1, 0.15) is 5.41 Å². The fourth-order valence-electron chi connectivity index (χ4n) is 3.34. The van der Waals surface area contributed by atoms with Crippen LogP contribution in [-0.4, -0.2) is 52.8 Å². The van der Waals surface area contributed by atoms with Crippen LogP contribution in [0.5, 0.6) is 0 Å². The van der Waals surface area contributed by atoms with E-state index in [1.54, 1.807) is 0 Å². The molecule has 2 saturated heterocycles. The molecule has 4 aliphatic rings. The molecule has 0 aromatic carbocycles. The van der Waals surface area contributed by atoms with Crippen molar-refractivity contribution in [2.24, 2.45) is 5.41 Å². The van der Waals surface area contributed by atoms with Crippen molar-refractivity contribution in [1.82, 2.24) is 15.1 Å². The fraction of sp³-hybridized carbons (Fsp3) is 0.769. The molecule has 6 nitrogen and oxygen atoms in total. The summed E-state index contributed by atoms with van der Waals surface area (Å²) in [6, 6.07) is 0.0818.